The van der Waals surface area contributed by atoms with Crippen molar-refractivity contribution in [2.45, 2.75) is 313 Å². The first kappa shape index (κ1) is 59.2. The summed E-state index contributed by atoms with van der Waals surface area (Å²) in [5.74, 6) is -0.251. The molecule has 0 aromatic rings. The maximum atomic E-state index is 13.1. The molecule has 8 atom stereocenters. The maximum absolute atomic E-state index is 13.1. The number of nitrogens with one attached hydrogen (secondary N) is 1. The van der Waals surface area contributed by atoms with E-state index < -0.39 is 55.6 Å². The van der Waals surface area contributed by atoms with Gasteiger partial charge in [-0.2, -0.15) is 0 Å². The zero-order valence-corrected chi connectivity index (χ0v) is 40.5. The third-order valence-electron chi connectivity index (χ3n) is 13.3. The third-order valence-corrected chi connectivity index (χ3v) is 13.3. The standard InChI is InChI=1S/C52H103NO9/c1-3-5-7-9-11-13-15-17-19-21-22-23-24-25-27-29-31-33-35-37-39-41-47(56)53-44(43-61-52-51(60)50(59)49(58)46(42-54)62-52)48(57)45(55)40-38-36-34-32-30-28-26-20-18-16-14-12-10-8-6-4-2/h44-46,48-52,54-55,57-60H,3-43H2,1-2H3,(H,53,56)/t44-,45+,46?,48-,49-,50?,51-,52-/m0/s1. The van der Waals surface area contributed by atoms with Crippen molar-refractivity contribution in [2.75, 3.05) is 13.2 Å². The van der Waals surface area contributed by atoms with Crippen molar-refractivity contribution in [3.63, 3.8) is 0 Å². The molecule has 0 radical (unpaired) electrons. The number of hydrogen-bond donors (Lipinski definition) is 7. The number of carbonyl (C=O) groups excluding carboxylic acids is 1. The van der Waals surface area contributed by atoms with Crippen molar-refractivity contribution in [3.8, 4) is 0 Å². The first-order chi connectivity index (χ1) is 30.3. The Labute approximate surface area is 381 Å². The van der Waals surface area contributed by atoms with Crippen LogP contribution in [0, 0.1) is 0 Å². The second kappa shape index (κ2) is 42.8. The minimum absolute atomic E-state index is 0.251. The largest absolute Gasteiger partial charge is 0.394 e. The van der Waals surface area contributed by atoms with Crippen molar-refractivity contribution >= 4 is 5.91 Å². The molecule has 1 saturated heterocycles. The van der Waals surface area contributed by atoms with Crippen LogP contribution in [0.3, 0.4) is 0 Å². The van der Waals surface area contributed by atoms with Gasteiger partial charge in [-0.05, 0) is 12.8 Å². The molecule has 1 fully saturated rings. The minimum Gasteiger partial charge on any atom is -0.394 e. The third kappa shape index (κ3) is 31.9. The van der Waals surface area contributed by atoms with E-state index in [9.17, 15) is 35.4 Å². The van der Waals surface area contributed by atoms with Crippen LogP contribution >= 0.6 is 0 Å². The number of aliphatic hydroxyl groups is 6. The second-order valence-electron chi connectivity index (χ2n) is 19.2. The zero-order valence-electron chi connectivity index (χ0n) is 40.5. The fourth-order valence-electron chi connectivity index (χ4n) is 8.97. The van der Waals surface area contributed by atoms with Gasteiger partial charge in [0.05, 0.1) is 25.4 Å². The van der Waals surface area contributed by atoms with Crippen molar-refractivity contribution in [1.29, 1.82) is 0 Å². The molecule has 370 valence electrons. The van der Waals surface area contributed by atoms with E-state index in [4.69, 9.17) is 9.47 Å². The van der Waals surface area contributed by atoms with Crippen LogP contribution in [-0.4, -0.2) is 98.7 Å². The van der Waals surface area contributed by atoms with Gasteiger partial charge in [0.25, 0.3) is 0 Å². The van der Waals surface area contributed by atoms with E-state index in [1.54, 1.807) is 0 Å². The van der Waals surface area contributed by atoms with Gasteiger partial charge in [-0.15, -0.1) is 0 Å². The van der Waals surface area contributed by atoms with Gasteiger partial charge >= 0.3 is 0 Å². The highest BCUT2D eigenvalue weighted by molar-refractivity contribution is 5.76. The van der Waals surface area contributed by atoms with Crippen LogP contribution in [0.2, 0.25) is 0 Å². The van der Waals surface area contributed by atoms with Crippen molar-refractivity contribution in [1.82, 2.24) is 5.32 Å². The molecule has 10 heteroatoms. The molecule has 1 aliphatic rings. The summed E-state index contributed by atoms with van der Waals surface area (Å²) in [7, 11) is 0. The molecule has 1 aliphatic heterocycles. The molecule has 7 N–H and O–H groups in total. The molecule has 0 aromatic heterocycles. The van der Waals surface area contributed by atoms with Gasteiger partial charge in [-0.1, -0.05) is 245 Å². The Morgan fingerprint density at radius 2 is 0.839 bits per heavy atom. The lowest BCUT2D eigenvalue weighted by Gasteiger charge is -2.40. The molecule has 1 rings (SSSR count). The highest BCUT2D eigenvalue weighted by Gasteiger charge is 2.44. The Morgan fingerprint density at radius 1 is 0.500 bits per heavy atom. The normalized spacial score (nSPS) is 20.7. The van der Waals surface area contributed by atoms with E-state index in [1.165, 1.54) is 199 Å². The fourth-order valence-corrected chi connectivity index (χ4v) is 8.97. The van der Waals surface area contributed by atoms with Gasteiger partial charge in [0, 0.05) is 6.42 Å². The van der Waals surface area contributed by atoms with Crippen molar-refractivity contribution in [2.24, 2.45) is 0 Å². The predicted molar refractivity (Wildman–Crippen MR) is 255 cm³/mol. The number of unbranched alkanes of at least 4 members (excludes halogenated alkanes) is 35. The summed E-state index contributed by atoms with van der Waals surface area (Å²) >= 11 is 0. The SMILES string of the molecule is CCCCCCCCCCCCCCCCCCCCCCCC(=O)N[C@@H](CO[C@H]1OC(CO)[C@H](O)C(O)[C@@H]1O)[C@H](O)[C@H](O)CCCCCCCCCCCCCCCCCC. The highest BCUT2D eigenvalue weighted by atomic mass is 16.7. The van der Waals surface area contributed by atoms with Gasteiger partial charge in [0.15, 0.2) is 6.29 Å². The van der Waals surface area contributed by atoms with Crippen molar-refractivity contribution < 1.29 is 44.9 Å². The van der Waals surface area contributed by atoms with Crippen LogP contribution in [0.15, 0.2) is 0 Å². The van der Waals surface area contributed by atoms with E-state index in [0.29, 0.717) is 6.42 Å². The van der Waals surface area contributed by atoms with Crippen molar-refractivity contribution in [3.05, 3.63) is 0 Å². The van der Waals surface area contributed by atoms with E-state index in [1.807, 2.05) is 0 Å². The maximum Gasteiger partial charge on any atom is 0.220 e. The molecule has 0 bridgehead atoms. The molecule has 1 amide bonds. The smallest absolute Gasteiger partial charge is 0.220 e. The van der Waals surface area contributed by atoms with Crippen LogP contribution in [-0.2, 0) is 14.3 Å². The number of rotatable bonds is 46. The summed E-state index contributed by atoms with van der Waals surface area (Å²) in [6.07, 6.45) is 38.2. The molecule has 0 aromatic carbocycles. The van der Waals surface area contributed by atoms with Crippen LogP contribution in [0.25, 0.3) is 0 Å². The molecular formula is C52H103NO9. The Bertz CT molecular complexity index is 957. The Kier molecular flexibility index (Phi) is 40.8. The summed E-state index contributed by atoms with van der Waals surface area (Å²) in [5, 5.41) is 65.4. The van der Waals surface area contributed by atoms with E-state index in [0.717, 1.165) is 38.5 Å². The van der Waals surface area contributed by atoms with Gasteiger partial charge in [0.2, 0.25) is 5.91 Å². The predicted octanol–water partition coefficient (Wildman–Crippen LogP) is 11.3. The van der Waals surface area contributed by atoms with Gasteiger partial charge in [-0.3, -0.25) is 4.79 Å². The van der Waals surface area contributed by atoms with Crippen LogP contribution < -0.4 is 5.32 Å². The fraction of sp³-hybridized carbons (Fsp3) is 0.981. The number of hydrogen-bond acceptors (Lipinski definition) is 9. The lowest BCUT2D eigenvalue weighted by molar-refractivity contribution is -0.303. The summed E-state index contributed by atoms with van der Waals surface area (Å²) in [4.78, 5) is 13.1. The molecule has 0 saturated carbocycles. The molecule has 62 heavy (non-hydrogen) atoms. The average molecular weight is 886 g/mol. The topological polar surface area (TPSA) is 169 Å². The first-order valence-corrected chi connectivity index (χ1v) is 26.8. The lowest BCUT2D eigenvalue weighted by atomic mass is 9.98. The summed E-state index contributed by atoms with van der Waals surface area (Å²) in [6.45, 7) is 3.65. The monoisotopic (exact) mass is 886 g/mol. The number of ether oxygens (including phenoxy) is 2. The van der Waals surface area contributed by atoms with Crippen LogP contribution in [0.1, 0.15) is 264 Å². The Balaban J connectivity index is 2.29. The molecular weight excluding hydrogens is 783 g/mol. The highest BCUT2D eigenvalue weighted by Crippen LogP contribution is 2.23. The Morgan fingerprint density at radius 3 is 1.19 bits per heavy atom. The Hall–Kier alpha value is -0.850. The number of amides is 1. The van der Waals surface area contributed by atoms with Gasteiger partial charge in [0.1, 0.15) is 30.5 Å². The average Bonchev–Trinajstić information content (AvgIpc) is 3.27. The summed E-state index contributed by atoms with van der Waals surface area (Å²) < 4.78 is 11.2. The molecule has 10 nitrogen and oxygen atoms in total. The number of carbonyl (C=O) groups is 1. The lowest BCUT2D eigenvalue weighted by Crippen LogP contribution is -2.60. The van der Waals surface area contributed by atoms with Gasteiger partial charge in [-0.25, -0.2) is 0 Å². The second-order valence-corrected chi connectivity index (χ2v) is 19.2. The quantitative estimate of drug-likeness (QED) is 0.0294. The van der Waals surface area contributed by atoms with Crippen LogP contribution in [0.5, 0.6) is 0 Å². The molecule has 0 aliphatic carbocycles. The van der Waals surface area contributed by atoms with E-state index in [2.05, 4.69) is 19.2 Å². The zero-order chi connectivity index (χ0) is 45.3. The summed E-state index contributed by atoms with van der Waals surface area (Å²) in [6, 6.07) is -0.985. The van der Waals surface area contributed by atoms with Crippen LogP contribution in [0.4, 0.5) is 0 Å². The van der Waals surface area contributed by atoms with Gasteiger partial charge < -0.3 is 45.4 Å². The molecule has 2 unspecified atom stereocenters. The van der Waals surface area contributed by atoms with E-state index >= 15 is 0 Å². The molecule has 0 spiro atoms. The minimum atomic E-state index is -1.60. The number of aliphatic hydroxyl groups excluding tert-OH is 6. The first-order valence-electron chi connectivity index (χ1n) is 26.8. The summed E-state index contributed by atoms with van der Waals surface area (Å²) in [5.41, 5.74) is 0. The van der Waals surface area contributed by atoms with E-state index in [-0.39, 0.29) is 18.9 Å². The molecule has 1 heterocycles.